The van der Waals surface area contributed by atoms with Crippen LogP contribution in [0.5, 0.6) is 0 Å². The Balaban J connectivity index is 2.40. The van der Waals surface area contributed by atoms with E-state index in [2.05, 4.69) is 6.92 Å². The first-order valence-corrected chi connectivity index (χ1v) is 6.08. The largest absolute Gasteiger partial charge is 0.466 e. The van der Waals surface area contributed by atoms with Gasteiger partial charge in [0.1, 0.15) is 0 Å². The van der Waals surface area contributed by atoms with Crippen LogP contribution < -0.4 is 5.73 Å². The van der Waals surface area contributed by atoms with Gasteiger partial charge in [0.25, 0.3) is 0 Å². The molecule has 1 fully saturated rings. The molecule has 1 aliphatic rings. The van der Waals surface area contributed by atoms with Crippen molar-refractivity contribution in [3.05, 3.63) is 0 Å². The molecule has 3 atom stereocenters. The average molecular weight is 213 g/mol. The van der Waals surface area contributed by atoms with E-state index in [1.807, 2.05) is 6.92 Å². The van der Waals surface area contributed by atoms with Gasteiger partial charge in [-0.05, 0) is 38.0 Å². The first kappa shape index (κ1) is 12.5. The van der Waals surface area contributed by atoms with Crippen LogP contribution in [-0.2, 0) is 9.53 Å². The highest BCUT2D eigenvalue weighted by molar-refractivity contribution is 5.69. The number of rotatable bonds is 4. The molecule has 0 spiro atoms. The van der Waals surface area contributed by atoms with Crippen molar-refractivity contribution in [2.24, 2.45) is 17.6 Å². The van der Waals surface area contributed by atoms with Crippen molar-refractivity contribution in [3.63, 3.8) is 0 Å². The molecule has 1 saturated carbocycles. The fourth-order valence-corrected chi connectivity index (χ4v) is 2.42. The first-order chi connectivity index (χ1) is 7.17. The van der Waals surface area contributed by atoms with Crippen LogP contribution in [0.25, 0.3) is 0 Å². The van der Waals surface area contributed by atoms with E-state index in [4.69, 9.17) is 10.5 Å². The summed E-state index contributed by atoms with van der Waals surface area (Å²) in [7, 11) is 0. The summed E-state index contributed by atoms with van der Waals surface area (Å²) in [6, 6.07) is 0.192. The number of esters is 1. The summed E-state index contributed by atoms with van der Waals surface area (Å²) in [5.74, 6) is 1.00. The van der Waals surface area contributed by atoms with E-state index < -0.39 is 0 Å². The van der Waals surface area contributed by atoms with E-state index in [1.54, 1.807) is 0 Å². The Labute approximate surface area is 92.4 Å². The zero-order valence-electron chi connectivity index (χ0n) is 9.87. The third-order valence-corrected chi connectivity index (χ3v) is 3.46. The van der Waals surface area contributed by atoms with Crippen LogP contribution in [0.4, 0.5) is 0 Å². The maximum absolute atomic E-state index is 11.4. The summed E-state index contributed by atoms with van der Waals surface area (Å²) in [4.78, 5) is 11.4. The molecule has 0 aromatic heterocycles. The molecule has 2 N–H and O–H groups in total. The summed E-state index contributed by atoms with van der Waals surface area (Å²) in [5.41, 5.74) is 6.03. The van der Waals surface area contributed by atoms with Gasteiger partial charge >= 0.3 is 5.97 Å². The van der Waals surface area contributed by atoms with Gasteiger partial charge in [-0.1, -0.05) is 13.3 Å². The van der Waals surface area contributed by atoms with Crippen molar-refractivity contribution >= 4 is 5.97 Å². The zero-order chi connectivity index (χ0) is 11.3. The quantitative estimate of drug-likeness (QED) is 0.727. The Hall–Kier alpha value is -0.570. The molecular formula is C12H23NO2. The molecule has 0 bridgehead atoms. The fraction of sp³-hybridized carbons (Fsp3) is 0.917. The summed E-state index contributed by atoms with van der Waals surface area (Å²) in [5, 5.41) is 0. The predicted molar refractivity (Wildman–Crippen MR) is 60.3 cm³/mol. The molecule has 0 saturated heterocycles. The van der Waals surface area contributed by atoms with Gasteiger partial charge in [0.05, 0.1) is 6.61 Å². The van der Waals surface area contributed by atoms with Gasteiger partial charge in [0.15, 0.2) is 0 Å². The smallest absolute Gasteiger partial charge is 0.306 e. The lowest BCUT2D eigenvalue weighted by molar-refractivity contribution is -0.144. The Morgan fingerprint density at radius 1 is 1.40 bits per heavy atom. The van der Waals surface area contributed by atoms with Crippen LogP contribution in [-0.4, -0.2) is 18.6 Å². The monoisotopic (exact) mass is 213 g/mol. The van der Waals surface area contributed by atoms with Gasteiger partial charge in [0.2, 0.25) is 0 Å². The molecule has 1 aliphatic carbocycles. The summed E-state index contributed by atoms with van der Waals surface area (Å²) in [6.45, 7) is 4.52. The van der Waals surface area contributed by atoms with E-state index in [0.29, 0.717) is 18.9 Å². The molecular weight excluding hydrogens is 190 g/mol. The number of carbonyl (C=O) groups excluding carboxylic acids is 1. The van der Waals surface area contributed by atoms with E-state index >= 15 is 0 Å². The van der Waals surface area contributed by atoms with Gasteiger partial charge in [-0.3, -0.25) is 4.79 Å². The van der Waals surface area contributed by atoms with Crippen molar-refractivity contribution in [3.8, 4) is 0 Å². The highest BCUT2D eigenvalue weighted by atomic mass is 16.5. The molecule has 0 heterocycles. The fourth-order valence-electron chi connectivity index (χ4n) is 2.42. The van der Waals surface area contributed by atoms with Crippen LogP contribution >= 0.6 is 0 Å². The van der Waals surface area contributed by atoms with Crippen molar-refractivity contribution in [1.82, 2.24) is 0 Å². The normalized spacial score (nSPS) is 31.3. The van der Waals surface area contributed by atoms with Crippen molar-refractivity contribution in [1.29, 1.82) is 0 Å². The SMILES string of the molecule is CCOC(=O)CC1CC(CC)CCC1N. The van der Waals surface area contributed by atoms with Gasteiger partial charge in [-0.15, -0.1) is 0 Å². The lowest BCUT2D eigenvalue weighted by Gasteiger charge is -2.33. The zero-order valence-corrected chi connectivity index (χ0v) is 9.87. The molecule has 0 aromatic carbocycles. The van der Waals surface area contributed by atoms with Crippen LogP contribution in [0, 0.1) is 11.8 Å². The van der Waals surface area contributed by atoms with Gasteiger partial charge in [-0.25, -0.2) is 0 Å². The Morgan fingerprint density at radius 2 is 2.13 bits per heavy atom. The molecule has 3 heteroatoms. The van der Waals surface area contributed by atoms with Crippen LogP contribution in [0.1, 0.15) is 46.0 Å². The van der Waals surface area contributed by atoms with Gasteiger partial charge < -0.3 is 10.5 Å². The minimum atomic E-state index is -0.0882. The second-order valence-corrected chi connectivity index (χ2v) is 4.52. The Bertz CT molecular complexity index is 206. The van der Waals surface area contributed by atoms with Crippen molar-refractivity contribution in [2.75, 3.05) is 6.61 Å². The Morgan fingerprint density at radius 3 is 2.73 bits per heavy atom. The van der Waals surface area contributed by atoms with E-state index in [9.17, 15) is 4.79 Å². The summed E-state index contributed by atoms with van der Waals surface area (Å²) >= 11 is 0. The van der Waals surface area contributed by atoms with Crippen LogP contribution in [0.15, 0.2) is 0 Å². The highest BCUT2D eigenvalue weighted by Gasteiger charge is 2.29. The van der Waals surface area contributed by atoms with E-state index in [0.717, 1.165) is 18.8 Å². The number of hydrogen-bond donors (Lipinski definition) is 1. The van der Waals surface area contributed by atoms with E-state index in [1.165, 1.54) is 12.8 Å². The van der Waals surface area contributed by atoms with Gasteiger partial charge in [0, 0.05) is 12.5 Å². The van der Waals surface area contributed by atoms with Gasteiger partial charge in [-0.2, -0.15) is 0 Å². The molecule has 0 amide bonds. The molecule has 1 rings (SSSR count). The summed E-state index contributed by atoms with van der Waals surface area (Å²) in [6.07, 6.45) is 5.08. The number of hydrogen-bond acceptors (Lipinski definition) is 3. The summed E-state index contributed by atoms with van der Waals surface area (Å²) < 4.78 is 4.97. The highest BCUT2D eigenvalue weighted by Crippen LogP contribution is 2.32. The molecule has 0 aliphatic heterocycles. The maximum atomic E-state index is 11.4. The Kier molecular flexibility index (Phi) is 5.09. The molecule has 0 radical (unpaired) electrons. The molecule has 15 heavy (non-hydrogen) atoms. The van der Waals surface area contributed by atoms with Crippen LogP contribution in [0.3, 0.4) is 0 Å². The standard InChI is InChI=1S/C12H23NO2/c1-3-9-5-6-11(13)10(7-9)8-12(14)15-4-2/h9-11H,3-8,13H2,1-2H3. The number of ether oxygens (including phenoxy) is 1. The maximum Gasteiger partial charge on any atom is 0.306 e. The number of nitrogens with two attached hydrogens (primary N) is 1. The second-order valence-electron chi connectivity index (χ2n) is 4.52. The minimum Gasteiger partial charge on any atom is -0.466 e. The topological polar surface area (TPSA) is 52.3 Å². The third-order valence-electron chi connectivity index (χ3n) is 3.46. The third kappa shape index (κ3) is 3.82. The predicted octanol–water partition coefficient (Wildman–Crippen LogP) is 2.09. The molecule has 0 aromatic rings. The number of carbonyl (C=O) groups is 1. The van der Waals surface area contributed by atoms with Crippen molar-refractivity contribution < 1.29 is 9.53 Å². The minimum absolute atomic E-state index is 0.0882. The first-order valence-electron chi connectivity index (χ1n) is 6.08. The molecule has 3 unspecified atom stereocenters. The second kappa shape index (κ2) is 6.11. The molecule has 3 nitrogen and oxygen atoms in total. The van der Waals surface area contributed by atoms with Crippen LogP contribution in [0.2, 0.25) is 0 Å². The lowest BCUT2D eigenvalue weighted by Crippen LogP contribution is -2.37. The average Bonchev–Trinajstić information content (AvgIpc) is 2.21. The van der Waals surface area contributed by atoms with E-state index in [-0.39, 0.29) is 12.0 Å². The van der Waals surface area contributed by atoms with Crippen molar-refractivity contribution in [2.45, 2.75) is 52.0 Å². The molecule has 88 valence electrons. The lowest BCUT2D eigenvalue weighted by atomic mass is 9.76.